The van der Waals surface area contributed by atoms with Gasteiger partial charge >= 0.3 is 0 Å². The highest BCUT2D eigenvalue weighted by Gasteiger charge is 2.14. The summed E-state index contributed by atoms with van der Waals surface area (Å²) in [6.45, 7) is 1.14. The van der Waals surface area contributed by atoms with E-state index < -0.39 is 0 Å². The fraction of sp³-hybridized carbons (Fsp3) is 0.300. The molecule has 0 spiro atoms. The number of benzene rings is 1. The van der Waals surface area contributed by atoms with Crippen LogP contribution in [0.4, 0.5) is 0 Å². The number of hydrogen-bond acceptors (Lipinski definition) is 4. The van der Waals surface area contributed by atoms with Crippen LogP contribution in [0, 0.1) is 0 Å². The van der Waals surface area contributed by atoms with Gasteiger partial charge in [0.05, 0.1) is 13.7 Å². The predicted molar refractivity (Wildman–Crippen MR) is 50.6 cm³/mol. The van der Waals surface area contributed by atoms with Gasteiger partial charge in [0.25, 0.3) is 0 Å². The summed E-state index contributed by atoms with van der Waals surface area (Å²) in [5.41, 5.74) is 0.647. The number of aliphatic hydroxyl groups excluding tert-OH is 1. The van der Waals surface area contributed by atoms with Gasteiger partial charge in [0, 0.05) is 0 Å². The molecule has 0 atom stereocenters. The maximum absolute atomic E-state index is 11.1. The molecule has 0 unspecified atom stereocenters. The SMILES string of the molecule is COc1cc(CO)cc(O)c1C(C)=O. The summed E-state index contributed by atoms with van der Waals surface area (Å²) in [6, 6.07) is 2.87. The highest BCUT2D eigenvalue weighted by molar-refractivity contribution is 5.99. The van der Waals surface area contributed by atoms with E-state index in [-0.39, 0.29) is 29.5 Å². The second-order valence-corrected chi connectivity index (χ2v) is 2.91. The van der Waals surface area contributed by atoms with Crippen LogP contribution in [0.5, 0.6) is 11.5 Å². The Labute approximate surface area is 81.8 Å². The maximum Gasteiger partial charge on any atom is 0.167 e. The molecule has 0 aliphatic heterocycles. The number of aliphatic hydroxyl groups is 1. The zero-order chi connectivity index (χ0) is 10.7. The van der Waals surface area contributed by atoms with E-state index in [1.807, 2.05) is 0 Å². The molecule has 0 bridgehead atoms. The Bertz CT molecular complexity index is 357. The zero-order valence-electron chi connectivity index (χ0n) is 8.07. The third-order valence-corrected chi connectivity index (χ3v) is 1.90. The molecule has 0 saturated carbocycles. The molecule has 1 rings (SSSR count). The lowest BCUT2D eigenvalue weighted by Gasteiger charge is -2.09. The third kappa shape index (κ3) is 1.85. The molecule has 14 heavy (non-hydrogen) atoms. The molecular weight excluding hydrogens is 184 g/mol. The molecule has 0 amide bonds. The second-order valence-electron chi connectivity index (χ2n) is 2.91. The van der Waals surface area contributed by atoms with Crippen molar-refractivity contribution in [2.24, 2.45) is 0 Å². The molecule has 0 heterocycles. The van der Waals surface area contributed by atoms with E-state index in [4.69, 9.17) is 9.84 Å². The summed E-state index contributed by atoms with van der Waals surface area (Å²) < 4.78 is 4.94. The van der Waals surface area contributed by atoms with Gasteiger partial charge in [0.2, 0.25) is 0 Å². The fourth-order valence-electron chi connectivity index (χ4n) is 1.26. The van der Waals surface area contributed by atoms with Gasteiger partial charge in [-0.1, -0.05) is 0 Å². The van der Waals surface area contributed by atoms with Crippen molar-refractivity contribution in [3.05, 3.63) is 23.3 Å². The van der Waals surface area contributed by atoms with Crippen LogP contribution in [-0.4, -0.2) is 23.1 Å². The molecule has 76 valence electrons. The fourth-order valence-corrected chi connectivity index (χ4v) is 1.26. The molecule has 4 heteroatoms. The Balaban J connectivity index is 3.34. The summed E-state index contributed by atoms with van der Waals surface area (Å²) in [6.07, 6.45) is 0. The summed E-state index contributed by atoms with van der Waals surface area (Å²) in [5, 5.41) is 18.4. The Hall–Kier alpha value is -1.55. The Kier molecular flexibility index (Phi) is 3.09. The van der Waals surface area contributed by atoms with Gasteiger partial charge < -0.3 is 14.9 Å². The van der Waals surface area contributed by atoms with Crippen LogP contribution in [-0.2, 0) is 6.61 Å². The van der Waals surface area contributed by atoms with Crippen molar-refractivity contribution in [2.45, 2.75) is 13.5 Å². The van der Waals surface area contributed by atoms with Gasteiger partial charge in [-0.05, 0) is 24.6 Å². The van der Waals surface area contributed by atoms with Gasteiger partial charge in [0.1, 0.15) is 17.1 Å². The number of Topliss-reactive ketones (excluding diaryl/α,β-unsaturated/α-hetero) is 1. The van der Waals surface area contributed by atoms with Gasteiger partial charge in [0.15, 0.2) is 5.78 Å². The first-order chi connectivity index (χ1) is 6.60. The summed E-state index contributed by atoms with van der Waals surface area (Å²) in [5.74, 6) is -0.161. The minimum Gasteiger partial charge on any atom is -0.507 e. The van der Waals surface area contributed by atoms with Crippen molar-refractivity contribution in [3.8, 4) is 11.5 Å². The molecule has 0 saturated heterocycles. The molecule has 0 aliphatic carbocycles. The van der Waals surface area contributed by atoms with E-state index in [2.05, 4.69) is 0 Å². The van der Waals surface area contributed by atoms with E-state index in [1.165, 1.54) is 26.2 Å². The molecule has 1 aromatic rings. The van der Waals surface area contributed by atoms with Gasteiger partial charge in [-0.2, -0.15) is 0 Å². The number of phenolic OH excluding ortho intramolecular Hbond substituents is 1. The number of rotatable bonds is 3. The molecule has 4 nitrogen and oxygen atoms in total. The summed E-state index contributed by atoms with van der Waals surface area (Å²) in [7, 11) is 1.41. The van der Waals surface area contributed by atoms with Crippen LogP contribution in [0.25, 0.3) is 0 Å². The normalized spacial score (nSPS) is 9.93. The minimum absolute atomic E-state index is 0.143. The van der Waals surface area contributed by atoms with Crippen molar-refractivity contribution >= 4 is 5.78 Å². The molecule has 0 radical (unpaired) electrons. The summed E-state index contributed by atoms with van der Waals surface area (Å²) in [4.78, 5) is 11.1. The summed E-state index contributed by atoms with van der Waals surface area (Å²) >= 11 is 0. The molecule has 0 aliphatic rings. The lowest BCUT2D eigenvalue weighted by atomic mass is 10.1. The highest BCUT2D eigenvalue weighted by Crippen LogP contribution is 2.29. The average Bonchev–Trinajstić information content (AvgIpc) is 2.15. The number of carbonyl (C=O) groups excluding carboxylic acids is 1. The third-order valence-electron chi connectivity index (χ3n) is 1.90. The van der Waals surface area contributed by atoms with Crippen LogP contribution < -0.4 is 4.74 Å². The number of carbonyl (C=O) groups is 1. The van der Waals surface area contributed by atoms with E-state index in [0.717, 1.165) is 0 Å². The van der Waals surface area contributed by atoms with Crippen LogP contribution in [0.3, 0.4) is 0 Å². The first-order valence-electron chi connectivity index (χ1n) is 4.11. The Morgan fingerprint density at radius 2 is 2.14 bits per heavy atom. The predicted octanol–water partition coefficient (Wildman–Crippen LogP) is 1.10. The number of hydrogen-bond donors (Lipinski definition) is 2. The number of ketones is 1. The number of aromatic hydroxyl groups is 1. The first-order valence-corrected chi connectivity index (χ1v) is 4.11. The van der Waals surface area contributed by atoms with Crippen LogP contribution in [0.15, 0.2) is 12.1 Å². The molecule has 2 N–H and O–H groups in total. The van der Waals surface area contributed by atoms with Crippen molar-refractivity contribution in [1.29, 1.82) is 0 Å². The van der Waals surface area contributed by atoms with Gasteiger partial charge in [-0.25, -0.2) is 0 Å². The quantitative estimate of drug-likeness (QED) is 0.710. The average molecular weight is 196 g/mol. The maximum atomic E-state index is 11.1. The molecule has 0 aromatic heterocycles. The number of phenols is 1. The molecule has 1 aromatic carbocycles. The minimum atomic E-state index is -0.274. The lowest BCUT2D eigenvalue weighted by molar-refractivity contribution is 0.101. The monoisotopic (exact) mass is 196 g/mol. The lowest BCUT2D eigenvalue weighted by Crippen LogP contribution is -1.99. The van der Waals surface area contributed by atoms with Crippen LogP contribution >= 0.6 is 0 Å². The topological polar surface area (TPSA) is 66.8 Å². The Morgan fingerprint density at radius 1 is 1.50 bits per heavy atom. The van der Waals surface area contributed by atoms with Crippen LogP contribution in [0.2, 0.25) is 0 Å². The largest absolute Gasteiger partial charge is 0.507 e. The van der Waals surface area contributed by atoms with E-state index in [0.29, 0.717) is 5.56 Å². The first kappa shape index (κ1) is 10.5. The van der Waals surface area contributed by atoms with E-state index in [1.54, 1.807) is 0 Å². The molecular formula is C10H12O4. The van der Waals surface area contributed by atoms with Crippen LogP contribution in [0.1, 0.15) is 22.8 Å². The number of ether oxygens (including phenoxy) is 1. The van der Waals surface area contributed by atoms with Gasteiger partial charge in [-0.3, -0.25) is 4.79 Å². The van der Waals surface area contributed by atoms with Crippen molar-refractivity contribution in [1.82, 2.24) is 0 Å². The van der Waals surface area contributed by atoms with E-state index in [9.17, 15) is 9.90 Å². The second kappa shape index (κ2) is 4.11. The smallest absolute Gasteiger partial charge is 0.167 e. The zero-order valence-corrected chi connectivity index (χ0v) is 8.07. The van der Waals surface area contributed by atoms with Crippen molar-refractivity contribution < 1.29 is 19.7 Å². The van der Waals surface area contributed by atoms with Gasteiger partial charge in [-0.15, -0.1) is 0 Å². The van der Waals surface area contributed by atoms with E-state index >= 15 is 0 Å². The van der Waals surface area contributed by atoms with Crippen molar-refractivity contribution in [2.75, 3.05) is 7.11 Å². The molecule has 0 fully saturated rings. The highest BCUT2D eigenvalue weighted by atomic mass is 16.5. The Morgan fingerprint density at radius 3 is 2.57 bits per heavy atom. The standard InChI is InChI=1S/C10H12O4/c1-6(12)10-8(13)3-7(5-11)4-9(10)14-2/h3-4,11,13H,5H2,1-2H3. The van der Waals surface area contributed by atoms with Crippen molar-refractivity contribution in [3.63, 3.8) is 0 Å². The number of methoxy groups -OCH3 is 1.